The summed E-state index contributed by atoms with van der Waals surface area (Å²) in [6.45, 7) is 1.43. The molecule has 0 aliphatic heterocycles. The van der Waals surface area contributed by atoms with Crippen molar-refractivity contribution >= 4 is 16.9 Å². The Morgan fingerprint density at radius 2 is 1.94 bits per heavy atom. The van der Waals surface area contributed by atoms with Gasteiger partial charge in [-0.25, -0.2) is 9.97 Å². The molecule has 4 nitrogen and oxygen atoms in total. The number of fused-ring (bicyclic) bond motifs is 1. The van der Waals surface area contributed by atoms with E-state index in [1.807, 2.05) is 43.3 Å². The zero-order chi connectivity index (χ0) is 12.0. The Bertz CT molecular complexity index is 500. The number of pyridine rings is 2. The molecule has 0 N–H and O–H groups in total. The van der Waals surface area contributed by atoms with Crippen LogP contribution in [-0.2, 0) is 0 Å². The highest BCUT2D eigenvalue weighted by Crippen LogP contribution is 2.13. The maximum atomic E-state index is 7.32. The first-order chi connectivity index (χ1) is 7.69. The Kier molecular flexibility index (Phi) is 4.22. The van der Waals surface area contributed by atoms with E-state index in [1.165, 1.54) is 6.92 Å². The second kappa shape index (κ2) is 5.66. The Balaban J connectivity index is 0.000000386. The molecule has 0 aromatic carbocycles. The van der Waals surface area contributed by atoms with Crippen molar-refractivity contribution in [2.24, 2.45) is 0 Å². The van der Waals surface area contributed by atoms with Gasteiger partial charge in [0, 0.05) is 32.6 Å². The Labute approximate surface area is 95.2 Å². The monoisotopic (exact) mass is 214 g/mol. The topological polar surface area (TPSA) is 52.8 Å². The predicted octanol–water partition coefficient (Wildman–Crippen LogP) is 2.23. The summed E-state index contributed by atoms with van der Waals surface area (Å²) in [6, 6.07) is 9.70. The van der Waals surface area contributed by atoms with Gasteiger partial charge < -0.3 is 4.90 Å². The van der Waals surface area contributed by atoms with Gasteiger partial charge in [-0.05, 0) is 24.3 Å². The van der Waals surface area contributed by atoms with Crippen LogP contribution in [-0.4, -0.2) is 24.1 Å². The third-order valence-corrected chi connectivity index (χ3v) is 1.91. The fourth-order valence-corrected chi connectivity index (χ4v) is 1.19. The molecule has 2 heterocycles. The molecule has 2 aromatic heterocycles. The molecule has 0 radical (unpaired) electrons. The predicted molar refractivity (Wildman–Crippen MR) is 65.2 cm³/mol. The molecule has 0 aliphatic rings. The highest BCUT2D eigenvalue weighted by atomic mass is 15.1. The van der Waals surface area contributed by atoms with Crippen LogP contribution in [0.1, 0.15) is 6.92 Å². The largest absolute Gasteiger partial charge is 0.363 e. The van der Waals surface area contributed by atoms with Gasteiger partial charge in [-0.3, -0.25) is 0 Å². The second-order valence-corrected chi connectivity index (χ2v) is 3.34. The van der Waals surface area contributed by atoms with Gasteiger partial charge >= 0.3 is 0 Å². The molecule has 4 heteroatoms. The normalized spacial score (nSPS) is 8.88. The van der Waals surface area contributed by atoms with E-state index < -0.39 is 0 Å². The van der Waals surface area contributed by atoms with Gasteiger partial charge in [-0.15, -0.1) is 0 Å². The molecule has 0 saturated carbocycles. The zero-order valence-corrected chi connectivity index (χ0v) is 9.68. The lowest BCUT2D eigenvalue weighted by Crippen LogP contribution is -2.10. The molecule has 0 amide bonds. The minimum Gasteiger partial charge on any atom is -0.363 e. The van der Waals surface area contributed by atoms with Gasteiger partial charge in [0.15, 0.2) is 5.65 Å². The SMILES string of the molecule is CC#N.CN(C)c1ccc2cccnc2n1. The fourth-order valence-electron chi connectivity index (χ4n) is 1.19. The van der Waals surface area contributed by atoms with E-state index in [0.717, 1.165) is 16.9 Å². The maximum Gasteiger partial charge on any atom is 0.161 e. The van der Waals surface area contributed by atoms with Gasteiger partial charge in [0.1, 0.15) is 5.82 Å². The van der Waals surface area contributed by atoms with E-state index in [2.05, 4.69) is 9.97 Å². The summed E-state index contributed by atoms with van der Waals surface area (Å²) in [6.07, 6.45) is 1.76. The van der Waals surface area contributed by atoms with Crippen molar-refractivity contribution in [2.75, 3.05) is 19.0 Å². The third-order valence-electron chi connectivity index (χ3n) is 1.91. The van der Waals surface area contributed by atoms with Crippen molar-refractivity contribution in [2.45, 2.75) is 6.92 Å². The molecule has 82 valence electrons. The molecule has 2 aromatic rings. The minimum absolute atomic E-state index is 0.800. The van der Waals surface area contributed by atoms with Crippen molar-refractivity contribution < 1.29 is 0 Å². The highest BCUT2D eigenvalue weighted by molar-refractivity contribution is 5.76. The van der Waals surface area contributed by atoms with E-state index in [0.29, 0.717) is 0 Å². The molecule has 16 heavy (non-hydrogen) atoms. The smallest absolute Gasteiger partial charge is 0.161 e. The van der Waals surface area contributed by atoms with Crippen molar-refractivity contribution in [1.29, 1.82) is 5.26 Å². The summed E-state index contributed by atoms with van der Waals surface area (Å²) in [5.41, 5.74) is 0.800. The van der Waals surface area contributed by atoms with Gasteiger partial charge in [0.05, 0.1) is 6.07 Å². The summed E-state index contributed by atoms with van der Waals surface area (Å²) in [5.74, 6) is 0.936. The average Bonchev–Trinajstić information content (AvgIpc) is 2.29. The first-order valence-electron chi connectivity index (χ1n) is 4.89. The summed E-state index contributed by atoms with van der Waals surface area (Å²) < 4.78 is 0. The lowest BCUT2D eigenvalue weighted by atomic mass is 10.3. The molecule has 0 atom stereocenters. The third kappa shape index (κ3) is 2.92. The summed E-state index contributed by atoms with van der Waals surface area (Å²) in [5, 5.41) is 8.40. The van der Waals surface area contributed by atoms with Crippen LogP contribution in [0.25, 0.3) is 11.0 Å². The second-order valence-electron chi connectivity index (χ2n) is 3.34. The van der Waals surface area contributed by atoms with Crippen molar-refractivity contribution in [3.8, 4) is 6.07 Å². The van der Waals surface area contributed by atoms with Gasteiger partial charge in [0.2, 0.25) is 0 Å². The van der Waals surface area contributed by atoms with Crippen LogP contribution >= 0.6 is 0 Å². The Hall–Kier alpha value is -2.15. The molecule has 0 unspecified atom stereocenters. The molecular weight excluding hydrogens is 200 g/mol. The van der Waals surface area contributed by atoms with Gasteiger partial charge in [0.25, 0.3) is 0 Å². The van der Waals surface area contributed by atoms with Gasteiger partial charge in [-0.1, -0.05) is 0 Å². The van der Waals surface area contributed by atoms with Crippen LogP contribution in [0.15, 0.2) is 30.5 Å². The first kappa shape index (κ1) is 11.9. The van der Waals surface area contributed by atoms with Crippen LogP contribution in [0.3, 0.4) is 0 Å². The molecule has 0 bridgehead atoms. The van der Waals surface area contributed by atoms with Crippen LogP contribution in [0.4, 0.5) is 5.82 Å². The Morgan fingerprint density at radius 1 is 1.25 bits per heavy atom. The quantitative estimate of drug-likeness (QED) is 0.730. The first-order valence-corrected chi connectivity index (χ1v) is 4.89. The van der Waals surface area contributed by atoms with E-state index in [-0.39, 0.29) is 0 Å². The lowest BCUT2D eigenvalue weighted by molar-refractivity contribution is 1.07. The van der Waals surface area contributed by atoms with Crippen LogP contribution in [0.2, 0.25) is 0 Å². The van der Waals surface area contributed by atoms with E-state index in [1.54, 1.807) is 12.3 Å². The lowest BCUT2D eigenvalue weighted by Gasteiger charge is -2.10. The van der Waals surface area contributed by atoms with Crippen LogP contribution < -0.4 is 4.90 Å². The number of aromatic nitrogens is 2. The minimum atomic E-state index is 0.800. The average molecular weight is 214 g/mol. The van der Waals surface area contributed by atoms with E-state index in [9.17, 15) is 0 Å². The number of hydrogen-bond acceptors (Lipinski definition) is 4. The zero-order valence-electron chi connectivity index (χ0n) is 9.68. The van der Waals surface area contributed by atoms with Crippen LogP contribution in [0, 0.1) is 11.3 Å². The van der Waals surface area contributed by atoms with E-state index >= 15 is 0 Å². The Morgan fingerprint density at radius 3 is 2.56 bits per heavy atom. The molecule has 0 fully saturated rings. The fraction of sp³-hybridized carbons (Fsp3) is 0.250. The summed E-state index contributed by atoms with van der Waals surface area (Å²) in [4.78, 5) is 10.5. The van der Waals surface area contributed by atoms with Crippen molar-refractivity contribution in [1.82, 2.24) is 9.97 Å². The molecule has 2 rings (SSSR count). The molecule has 0 spiro atoms. The summed E-state index contributed by atoms with van der Waals surface area (Å²) in [7, 11) is 3.94. The standard InChI is InChI=1S/C10H11N3.C2H3N/c1-13(2)9-6-5-8-4-3-7-11-10(8)12-9;1-2-3/h3-7H,1-2H3;1H3. The van der Waals surface area contributed by atoms with E-state index in [4.69, 9.17) is 5.26 Å². The van der Waals surface area contributed by atoms with Crippen LogP contribution in [0.5, 0.6) is 0 Å². The number of hydrogen-bond donors (Lipinski definition) is 0. The number of anilines is 1. The number of nitrogens with zero attached hydrogens (tertiary/aromatic N) is 4. The molecular formula is C12H14N4. The van der Waals surface area contributed by atoms with Crippen molar-refractivity contribution in [3.63, 3.8) is 0 Å². The molecule has 0 saturated heterocycles. The number of rotatable bonds is 1. The highest BCUT2D eigenvalue weighted by Gasteiger charge is 1.98. The summed E-state index contributed by atoms with van der Waals surface area (Å²) >= 11 is 0. The number of nitriles is 1. The molecule has 0 aliphatic carbocycles. The van der Waals surface area contributed by atoms with Gasteiger partial charge in [-0.2, -0.15) is 5.26 Å². The maximum absolute atomic E-state index is 7.32. The van der Waals surface area contributed by atoms with Crippen molar-refractivity contribution in [3.05, 3.63) is 30.5 Å².